The number of β-amino-alcohol motifs (C(OH)–C–C–N with tert-alkyl or cyclic N) is 1. The summed E-state index contributed by atoms with van der Waals surface area (Å²) in [5, 5.41) is 13.2. The Morgan fingerprint density at radius 3 is 2.56 bits per heavy atom. The minimum absolute atomic E-state index is 0.187. The maximum Gasteiger partial charge on any atom is 0.229 e. The fourth-order valence-electron chi connectivity index (χ4n) is 4.59. The number of aromatic nitrogens is 3. The van der Waals surface area contributed by atoms with Crippen molar-refractivity contribution in [3.05, 3.63) is 89.6 Å². The number of anilines is 2. The summed E-state index contributed by atoms with van der Waals surface area (Å²) in [7, 11) is 0. The fourth-order valence-corrected chi connectivity index (χ4v) is 4.59. The van der Waals surface area contributed by atoms with Gasteiger partial charge < -0.3 is 15.0 Å². The molecule has 2 N–H and O–H groups in total. The number of aliphatic hydroxyl groups excluding tert-OH is 1. The van der Waals surface area contributed by atoms with Crippen LogP contribution in [0.25, 0.3) is 16.9 Å². The van der Waals surface area contributed by atoms with E-state index in [1.54, 1.807) is 4.57 Å². The van der Waals surface area contributed by atoms with Crippen LogP contribution in [0.3, 0.4) is 0 Å². The van der Waals surface area contributed by atoms with Crippen molar-refractivity contribution in [3.8, 4) is 16.9 Å². The Morgan fingerprint density at radius 2 is 1.85 bits per heavy atom. The van der Waals surface area contributed by atoms with Crippen LogP contribution in [0.5, 0.6) is 0 Å². The summed E-state index contributed by atoms with van der Waals surface area (Å²) < 4.78 is 16.6. The van der Waals surface area contributed by atoms with Crippen LogP contribution >= 0.6 is 0 Å². The monoisotopic (exact) mass is 457 g/mol. The van der Waals surface area contributed by atoms with E-state index < -0.39 is 5.82 Å². The Kier molecular flexibility index (Phi) is 6.13. The second-order valence-corrected chi connectivity index (χ2v) is 9.01. The van der Waals surface area contributed by atoms with E-state index in [0.29, 0.717) is 19.0 Å². The van der Waals surface area contributed by atoms with Crippen LogP contribution in [0.15, 0.2) is 67.1 Å². The van der Waals surface area contributed by atoms with E-state index in [0.717, 1.165) is 46.5 Å². The van der Waals surface area contributed by atoms with Gasteiger partial charge in [0.1, 0.15) is 0 Å². The van der Waals surface area contributed by atoms with Crippen molar-refractivity contribution < 1.29 is 9.50 Å². The van der Waals surface area contributed by atoms with E-state index in [1.165, 1.54) is 6.20 Å². The fraction of sp³-hybridized carbons (Fsp3) is 0.259. The lowest BCUT2D eigenvalue weighted by molar-refractivity contribution is 0.175. The molecule has 5 rings (SSSR count). The molecule has 3 heterocycles. The number of benzene rings is 2. The van der Waals surface area contributed by atoms with Crippen LogP contribution in [0.1, 0.15) is 23.1 Å². The van der Waals surface area contributed by atoms with E-state index in [9.17, 15) is 9.50 Å². The maximum absolute atomic E-state index is 14.9. The van der Waals surface area contributed by atoms with Gasteiger partial charge in [0.25, 0.3) is 0 Å². The highest BCUT2D eigenvalue weighted by Gasteiger charge is 2.22. The molecule has 6 nitrogen and oxygen atoms in total. The van der Waals surface area contributed by atoms with Crippen LogP contribution in [0, 0.1) is 19.7 Å². The molecule has 0 spiro atoms. The molecule has 1 unspecified atom stereocenters. The average molecular weight is 458 g/mol. The Labute approximate surface area is 198 Å². The highest BCUT2D eigenvalue weighted by molar-refractivity contribution is 5.67. The molecule has 4 aromatic rings. The Hall–Kier alpha value is -3.55. The lowest BCUT2D eigenvalue weighted by atomic mass is 10.0. The summed E-state index contributed by atoms with van der Waals surface area (Å²) >= 11 is 0. The second kappa shape index (κ2) is 9.37. The molecule has 0 radical (unpaired) electrons. The summed E-state index contributed by atoms with van der Waals surface area (Å²) in [6, 6.07) is 16.2. The van der Waals surface area contributed by atoms with Crippen LogP contribution in [-0.4, -0.2) is 43.7 Å². The lowest BCUT2D eigenvalue weighted by Gasteiger charge is -2.15. The molecule has 2 aromatic carbocycles. The van der Waals surface area contributed by atoms with Crippen molar-refractivity contribution in [2.45, 2.75) is 32.9 Å². The molecule has 0 amide bonds. The Bertz CT molecular complexity index is 1280. The van der Waals surface area contributed by atoms with E-state index in [-0.39, 0.29) is 11.9 Å². The van der Waals surface area contributed by atoms with Gasteiger partial charge in [0.2, 0.25) is 5.95 Å². The van der Waals surface area contributed by atoms with Crippen molar-refractivity contribution in [1.82, 2.24) is 19.4 Å². The van der Waals surface area contributed by atoms with Crippen molar-refractivity contribution in [3.63, 3.8) is 0 Å². The van der Waals surface area contributed by atoms with Gasteiger partial charge in [-0.05, 0) is 54.7 Å². The summed E-state index contributed by atoms with van der Waals surface area (Å²) in [5.74, 6) is 0.0241. The van der Waals surface area contributed by atoms with Gasteiger partial charge >= 0.3 is 0 Å². The summed E-state index contributed by atoms with van der Waals surface area (Å²) in [6.45, 7) is 6.22. The van der Waals surface area contributed by atoms with Gasteiger partial charge in [-0.15, -0.1) is 0 Å². The third kappa shape index (κ3) is 4.85. The third-order valence-corrected chi connectivity index (χ3v) is 6.08. The molecule has 1 fully saturated rings. The molecule has 1 aliphatic heterocycles. The smallest absolute Gasteiger partial charge is 0.229 e. The Balaban J connectivity index is 1.50. The van der Waals surface area contributed by atoms with Crippen molar-refractivity contribution in [1.29, 1.82) is 0 Å². The predicted octanol–water partition coefficient (Wildman–Crippen LogP) is 5.00. The third-order valence-electron chi connectivity index (χ3n) is 6.08. The van der Waals surface area contributed by atoms with E-state index in [4.69, 9.17) is 0 Å². The first-order valence-electron chi connectivity index (χ1n) is 11.5. The SMILES string of the molecule is Cc1cc(C)cc(Nc2ncc(F)c(-n3cc(CN4CCC(O)C4)c(-c4ccccc4)c3)n2)c1. The quantitative estimate of drug-likeness (QED) is 0.427. The number of aliphatic hydroxyl groups is 1. The number of rotatable bonds is 6. The number of hydrogen-bond donors (Lipinski definition) is 2. The van der Waals surface area contributed by atoms with E-state index in [1.807, 2.05) is 68.7 Å². The summed E-state index contributed by atoms with van der Waals surface area (Å²) in [5.41, 5.74) is 6.24. The molecule has 0 bridgehead atoms. The van der Waals surface area contributed by atoms with Gasteiger partial charge in [0.05, 0.1) is 12.3 Å². The van der Waals surface area contributed by atoms with Gasteiger partial charge in [0.15, 0.2) is 11.6 Å². The number of nitrogens with zero attached hydrogens (tertiary/aromatic N) is 4. The van der Waals surface area contributed by atoms with Gasteiger partial charge in [0, 0.05) is 43.3 Å². The van der Waals surface area contributed by atoms with Crippen LogP contribution < -0.4 is 5.32 Å². The minimum atomic E-state index is -0.497. The highest BCUT2D eigenvalue weighted by Crippen LogP contribution is 2.29. The Morgan fingerprint density at radius 1 is 1.09 bits per heavy atom. The number of aryl methyl sites for hydroxylation is 2. The second-order valence-electron chi connectivity index (χ2n) is 9.01. The zero-order valence-electron chi connectivity index (χ0n) is 19.4. The molecular weight excluding hydrogens is 429 g/mol. The summed E-state index contributed by atoms with van der Waals surface area (Å²) in [4.78, 5) is 10.9. The molecule has 0 saturated carbocycles. The number of hydrogen-bond acceptors (Lipinski definition) is 5. The molecule has 1 aliphatic rings. The first kappa shape index (κ1) is 22.3. The molecule has 34 heavy (non-hydrogen) atoms. The van der Waals surface area contributed by atoms with E-state index in [2.05, 4.69) is 26.3 Å². The molecular formula is C27H28FN5O. The predicted molar refractivity (Wildman–Crippen MR) is 132 cm³/mol. The molecule has 2 aromatic heterocycles. The first-order chi connectivity index (χ1) is 16.4. The van der Waals surface area contributed by atoms with Crippen molar-refractivity contribution in [2.75, 3.05) is 18.4 Å². The van der Waals surface area contributed by atoms with Gasteiger partial charge in [-0.3, -0.25) is 4.90 Å². The average Bonchev–Trinajstić information content (AvgIpc) is 3.41. The molecule has 7 heteroatoms. The van der Waals surface area contributed by atoms with Gasteiger partial charge in [-0.2, -0.15) is 4.98 Å². The van der Waals surface area contributed by atoms with Crippen LogP contribution in [0.4, 0.5) is 16.0 Å². The first-order valence-corrected chi connectivity index (χ1v) is 11.5. The van der Waals surface area contributed by atoms with Crippen molar-refractivity contribution >= 4 is 11.6 Å². The molecule has 1 atom stereocenters. The van der Waals surface area contributed by atoms with Gasteiger partial charge in [-0.1, -0.05) is 36.4 Å². The zero-order chi connectivity index (χ0) is 23.7. The normalized spacial score (nSPS) is 16.2. The topological polar surface area (TPSA) is 66.2 Å². The summed E-state index contributed by atoms with van der Waals surface area (Å²) in [6.07, 6.45) is 5.53. The number of likely N-dealkylation sites (tertiary alicyclic amines) is 1. The molecule has 174 valence electrons. The standard InChI is InChI=1S/C27H28FN5O/c1-18-10-19(2)12-22(11-18)30-27-29-13-25(28)26(31-27)33-15-21(14-32-9-8-23(34)16-32)24(17-33)20-6-4-3-5-7-20/h3-7,10-13,15,17,23,34H,8-9,14,16H2,1-2H3,(H,29,30,31). The van der Waals surface area contributed by atoms with Crippen molar-refractivity contribution in [2.24, 2.45) is 0 Å². The minimum Gasteiger partial charge on any atom is -0.392 e. The lowest BCUT2D eigenvalue weighted by Crippen LogP contribution is -2.21. The van der Waals surface area contributed by atoms with E-state index >= 15 is 0 Å². The number of halogens is 1. The van der Waals surface area contributed by atoms with Crippen LogP contribution in [0.2, 0.25) is 0 Å². The largest absolute Gasteiger partial charge is 0.392 e. The molecule has 1 saturated heterocycles. The molecule has 0 aliphatic carbocycles. The highest BCUT2D eigenvalue weighted by atomic mass is 19.1. The number of nitrogens with one attached hydrogen (secondary N) is 1. The maximum atomic E-state index is 14.9. The van der Waals surface area contributed by atoms with Gasteiger partial charge in [-0.25, -0.2) is 9.37 Å². The zero-order valence-corrected chi connectivity index (χ0v) is 19.4. The van der Waals surface area contributed by atoms with Crippen LogP contribution in [-0.2, 0) is 6.54 Å².